The van der Waals surface area contributed by atoms with E-state index in [1.54, 1.807) is 19.9 Å². The summed E-state index contributed by atoms with van der Waals surface area (Å²) < 4.78 is 3.33. The second-order valence-electron chi connectivity index (χ2n) is 6.58. The van der Waals surface area contributed by atoms with Crippen LogP contribution in [0.15, 0.2) is 48.6 Å². The molecule has 0 nitrogen and oxygen atoms in total. The maximum atomic E-state index is 2.56. The number of rotatable bonds is 2. The summed E-state index contributed by atoms with van der Waals surface area (Å²) in [5.41, 5.74) is 6.06. The molecule has 0 saturated carbocycles. The zero-order valence-corrected chi connectivity index (χ0v) is 14.8. The first-order chi connectivity index (χ1) is 10.2. The first kappa shape index (κ1) is 13.1. The zero-order chi connectivity index (χ0) is 14.4. The molecule has 0 amide bonds. The Kier molecular flexibility index (Phi) is 2.97. The van der Waals surface area contributed by atoms with Crippen LogP contribution in [0.3, 0.4) is 0 Å². The summed E-state index contributed by atoms with van der Waals surface area (Å²) in [4.78, 5) is 0. The molecule has 1 heteroatoms. The molecular formula is C20H20Ge. The van der Waals surface area contributed by atoms with Crippen LogP contribution in [-0.4, -0.2) is 13.3 Å². The molecule has 2 aromatic carbocycles. The Bertz CT molecular complexity index is 713. The topological polar surface area (TPSA) is 0 Å². The summed E-state index contributed by atoms with van der Waals surface area (Å²) in [6.45, 7) is 0. The van der Waals surface area contributed by atoms with Crippen LogP contribution in [0.2, 0.25) is 11.5 Å². The van der Waals surface area contributed by atoms with Gasteiger partial charge in [0.25, 0.3) is 0 Å². The van der Waals surface area contributed by atoms with Gasteiger partial charge in [0.15, 0.2) is 0 Å². The molecule has 0 bridgehead atoms. The molecule has 0 aliphatic heterocycles. The molecule has 2 aromatic rings. The molecule has 0 saturated heterocycles. The summed E-state index contributed by atoms with van der Waals surface area (Å²) in [6, 6.07) is 13.8. The van der Waals surface area contributed by atoms with Gasteiger partial charge in [0, 0.05) is 0 Å². The van der Waals surface area contributed by atoms with Crippen molar-refractivity contribution >= 4 is 34.2 Å². The quantitative estimate of drug-likeness (QED) is 0.736. The van der Waals surface area contributed by atoms with Gasteiger partial charge in [-0.05, 0) is 0 Å². The molecule has 0 atom stereocenters. The molecular weight excluding hydrogens is 313 g/mol. The van der Waals surface area contributed by atoms with Crippen LogP contribution in [0, 0.1) is 0 Å². The van der Waals surface area contributed by atoms with Gasteiger partial charge in [-0.3, -0.25) is 0 Å². The Hall–Kier alpha value is -1.54. The fourth-order valence-corrected chi connectivity index (χ4v) is 10.9. The van der Waals surface area contributed by atoms with Gasteiger partial charge in [-0.1, -0.05) is 0 Å². The standard InChI is InChI=1S/C20H20Ge/c1-21(2,19-13-5-9-15-7-3-11-17(15)19)20-14-6-10-16-8-4-12-18(16)20/h3-10,13-14H,11-12H2,1-2H3. The third-order valence-electron chi connectivity index (χ3n) is 5.01. The maximum absolute atomic E-state index is 2.56. The Morgan fingerprint density at radius 3 is 1.67 bits per heavy atom. The van der Waals surface area contributed by atoms with Crippen LogP contribution >= 0.6 is 0 Å². The molecule has 0 spiro atoms. The van der Waals surface area contributed by atoms with Gasteiger partial charge in [-0.2, -0.15) is 0 Å². The third-order valence-corrected chi connectivity index (χ3v) is 12.6. The van der Waals surface area contributed by atoms with Crippen LogP contribution in [-0.2, 0) is 12.8 Å². The molecule has 104 valence electrons. The van der Waals surface area contributed by atoms with Crippen molar-refractivity contribution in [1.29, 1.82) is 0 Å². The normalized spacial score (nSPS) is 15.3. The van der Waals surface area contributed by atoms with E-state index in [0.717, 1.165) is 12.8 Å². The molecule has 4 rings (SSSR count). The van der Waals surface area contributed by atoms with Crippen molar-refractivity contribution < 1.29 is 0 Å². The van der Waals surface area contributed by atoms with Gasteiger partial charge in [0.2, 0.25) is 0 Å². The van der Waals surface area contributed by atoms with E-state index in [9.17, 15) is 0 Å². The van der Waals surface area contributed by atoms with Gasteiger partial charge in [-0.25, -0.2) is 0 Å². The van der Waals surface area contributed by atoms with E-state index in [0.29, 0.717) is 0 Å². The Morgan fingerprint density at radius 2 is 1.19 bits per heavy atom. The van der Waals surface area contributed by atoms with Crippen LogP contribution in [0.25, 0.3) is 12.2 Å². The molecule has 0 N–H and O–H groups in total. The van der Waals surface area contributed by atoms with E-state index in [-0.39, 0.29) is 0 Å². The Morgan fingerprint density at radius 1 is 0.714 bits per heavy atom. The summed E-state index contributed by atoms with van der Waals surface area (Å²) in [7, 11) is 0. The fourth-order valence-electron chi connectivity index (χ4n) is 3.90. The van der Waals surface area contributed by atoms with E-state index >= 15 is 0 Å². The first-order valence-electron chi connectivity index (χ1n) is 7.76. The third kappa shape index (κ3) is 1.97. The predicted octanol–water partition coefficient (Wildman–Crippen LogP) is 3.65. The SMILES string of the molecule is [CH3][Ge]([CH3])([c]1cccc2c1CC=C2)[c]1cccc2c1CC=C2. The van der Waals surface area contributed by atoms with E-state index in [2.05, 4.69) is 72.2 Å². The molecule has 21 heavy (non-hydrogen) atoms. The number of allylic oxidation sites excluding steroid dienone is 2. The van der Waals surface area contributed by atoms with Crippen LogP contribution in [0.1, 0.15) is 22.3 Å². The number of hydrogen-bond donors (Lipinski definition) is 0. The van der Waals surface area contributed by atoms with Crippen molar-refractivity contribution in [1.82, 2.24) is 0 Å². The summed E-state index contributed by atoms with van der Waals surface area (Å²) in [6.07, 6.45) is 11.4. The van der Waals surface area contributed by atoms with Crippen molar-refractivity contribution in [3.8, 4) is 0 Å². The van der Waals surface area contributed by atoms with Gasteiger partial charge < -0.3 is 0 Å². The van der Waals surface area contributed by atoms with Gasteiger partial charge in [0.1, 0.15) is 0 Å². The van der Waals surface area contributed by atoms with E-state index in [1.807, 2.05) is 0 Å². The second-order valence-corrected chi connectivity index (χ2v) is 15.7. The molecule has 2 aliphatic rings. The van der Waals surface area contributed by atoms with Crippen molar-refractivity contribution in [2.45, 2.75) is 24.4 Å². The molecule has 2 aliphatic carbocycles. The molecule has 0 aromatic heterocycles. The molecule has 0 unspecified atom stereocenters. The van der Waals surface area contributed by atoms with Crippen LogP contribution in [0.5, 0.6) is 0 Å². The van der Waals surface area contributed by atoms with E-state index in [4.69, 9.17) is 0 Å². The van der Waals surface area contributed by atoms with Gasteiger partial charge in [0.05, 0.1) is 0 Å². The second kappa shape index (κ2) is 4.74. The van der Waals surface area contributed by atoms with Crippen molar-refractivity contribution in [2.24, 2.45) is 0 Å². The average molecular weight is 333 g/mol. The first-order valence-corrected chi connectivity index (χ1v) is 14.0. The Labute approximate surface area is 129 Å². The molecule has 0 heterocycles. The minimum atomic E-state index is -2.24. The number of hydrogen-bond acceptors (Lipinski definition) is 0. The van der Waals surface area contributed by atoms with Gasteiger partial charge >= 0.3 is 129 Å². The van der Waals surface area contributed by atoms with Crippen molar-refractivity contribution in [3.63, 3.8) is 0 Å². The zero-order valence-electron chi connectivity index (χ0n) is 12.7. The monoisotopic (exact) mass is 334 g/mol. The van der Waals surface area contributed by atoms with E-state index < -0.39 is 13.3 Å². The Balaban J connectivity index is 1.89. The van der Waals surface area contributed by atoms with Gasteiger partial charge in [-0.15, -0.1) is 0 Å². The van der Waals surface area contributed by atoms with Crippen molar-refractivity contribution in [3.05, 3.63) is 70.8 Å². The van der Waals surface area contributed by atoms with Crippen LogP contribution in [0.4, 0.5) is 0 Å². The van der Waals surface area contributed by atoms with Crippen molar-refractivity contribution in [2.75, 3.05) is 0 Å². The summed E-state index contributed by atoms with van der Waals surface area (Å²) >= 11 is -2.24. The van der Waals surface area contributed by atoms with Crippen LogP contribution < -0.4 is 8.79 Å². The summed E-state index contributed by atoms with van der Waals surface area (Å²) in [5, 5.41) is 0. The number of fused-ring (bicyclic) bond motifs is 2. The molecule has 0 radical (unpaired) electrons. The van der Waals surface area contributed by atoms with E-state index in [1.165, 1.54) is 11.1 Å². The summed E-state index contributed by atoms with van der Waals surface area (Å²) in [5.74, 6) is 5.11. The predicted molar refractivity (Wildman–Crippen MR) is 95.1 cm³/mol. The minimum absolute atomic E-state index is 1.12. The number of benzene rings is 2. The molecule has 0 fully saturated rings. The average Bonchev–Trinajstić information content (AvgIpc) is 3.14. The fraction of sp³-hybridized carbons (Fsp3) is 0.200.